The van der Waals surface area contributed by atoms with Gasteiger partial charge in [0.25, 0.3) is 0 Å². The highest BCUT2D eigenvalue weighted by molar-refractivity contribution is 7.93. The van der Waals surface area contributed by atoms with Gasteiger partial charge in [-0.25, -0.2) is 4.79 Å². The maximum absolute atomic E-state index is 12.0. The molecule has 0 aliphatic carbocycles. The van der Waals surface area contributed by atoms with Crippen molar-refractivity contribution in [3.05, 3.63) is 11.3 Å². The van der Waals surface area contributed by atoms with Crippen molar-refractivity contribution in [1.29, 1.82) is 0 Å². The van der Waals surface area contributed by atoms with Crippen LogP contribution in [0, 0.1) is 6.92 Å². The Hall–Kier alpha value is -1.36. The molecule has 0 radical (unpaired) electrons. The molecule has 0 bridgehead atoms. The molecular formula is C6H5F3N2O4S2. The molecule has 1 heterocycles. The van der Waals surface area contributed by atoms with Gasteiger partial charge in [-0.05, 0) is 18.5 Å². The first-order chi connectivity index (χ1) is 7.56. The van der Waals surface area contributed by atoms with Gasteiger partial charge < -0.3 is 5.11 Å². The lowest BCUT2D eigenvalue weighted by Crippen LogP contribution is -2.30. The number of aromatic nitrogens is 1. The first-order valence-corrected chi connectivity index (χ1v) is 6.10. The topological polar surface area (TPSA) is 96.4 Å². The molecule has 0 saturated heterocycles. The van der Waals surface area contributed by atoms with Gasteiger partial charge in [0.05, 0.1) is 5.69 Å². The minimum atomic E-state index is -5.64. The van der Waals surface area contributed by atoms with Crippen LogP contribution in [-0.4, -0.2) is 29.4 Å². The number of nitrogens with zero attached hydrogens (tertiary/aromatic N) is 1. The van der Waals surface area contributed by atoms with E-state index in [0.717, 1.165) is 4.72 Å². The van der Waals surface area contributed by atoms with Crippen LogP contribution in [-0.2, 0) is 10.0 Å². The van der Waals surface area contributed by atoms with E-state index in [0.29, 0.717) is 11.5 Å². The van der Waals surface area contributed by atoms with Gasteiger partial charge in [0, 0.05) is 0 Å². The van der Waals surface area contributed by atoms with Crippen molar-refractivity contribution in [3.63, 3.8) is 0 Å². The third-order valence-electron chi connectivity index (χ3n) is 1.61. The number of carboxylic acids is 1. The van der Waals surface area contributed by atoms with Crippen LogP contribution in [0.3, 0.4) is 0 Å². The number of carboxylic acid groups (broad SMARTS) is 1. The molecule has 0 spiro atoms. The molecule has 0 saturated carbocycles. The number of hydrogen-bond donors (Lipinski definition) is 2. The standard InChI is InChI=1S/C6H5F3N2O4S2/c1-2-3(5(12)13)4(16-10-2)11-17(14,15)6(7,8)9/h11H,1H3,(H,12,13). The summed E-state index contributed by atoms with van der Waals surface area (Å²) in [5, 5.41) is 8.01. The molecule has 1 rings (SSSR count). The van der Waals surface area contributed by atoms with Crippen LogP contribution >= 0.6 is 11.5 Å². The number of halogens is 3. The smallest absolute Gasteiger partial charge is 0.478 e. The van der Waals surface area contributed by atoms with Gasteiger partial charge in [-0.3, -0.25) is 4.72 Å². The summed E-state index contributed by atoms with van der Waals surface area (Å²) in [4.78, 5) is 10.7. The average Bonchev–Trinajstić information content (AvgIpc) is 2.43. The number of sulfonamides is 1. The van der Waals surface area contributed by atoms with Gasteiger partial charge in [0.15, 0.2) is 0 Å². The van der Waals surface area contributed by atoms with E-state index in [4.69, 9.17) is 5.11 Å². The van der Waals surface area contributed by atoms with Crippen molar-refractivity contribution in [1.82, 2.24) is 4.37 Å². The third kappa shape index (κ3) is 2.66. The maximum atomic E-state index is 12.0. The van der Waals surface area contributed by atoms with Crippen molar-refractivity contribution in [2.45, 2.75) is 12.4 Å². The quantitative estimate of drug-likeness (QED) is 0.877. The number of anilines is 1. The van der Waals surface area contributed by atoms with Crippen molar-refractivity contribution in [2.75, 3.05) is 4.72 Å². The van der Waals surface area contributed by atoms with Crippen LogP contribution in [0.4, 0.5) is 18.2 Å². The van der Waals surface area contributed by atoms with Crippen LogP contribution in [0.2, 0.25) is 0 Å². The minimum absolute atomic E-state index is 0.0672. The molecule has 0 fully saturated rings. The molecule has 0 aliphatic rings. The third-order valence-corrected chi connectivity index (χ3v) is 3.67. The lowest BCUT2D eigenvalue weighted by Gasteiger charge is -2.09. The largest absolute Gasteiger partial charge is 0.516 e. The van der Waals surface area contributed by atoms with E-state index in [1.165, 1.54) is 6.92 Å². The van der Waals surface area contributed by atoms with Crippen molar-refractivity contribution in [3.8, 4) is 0 Å². The summed E-state index contributed by atoms with van der Waals surface area (Å²) in [6.45, 7) is 1.24. The Kier molecular flexibility index (Phi) is 3.34. The van der Waals surface area contributed by atoms with Crippen LogP contribution in [0.15, 0.2) is 0 Å². The van der Waals surface area contributed by atoms with Crippen molar-refractivity contribution < 1.29 is 31.5 Å². The second kappa shape index (κ2) is 4.14. The number of aryl methyl sites for hydroxylation is 1. The number of hydrogen-bond acceptors (Lipinski definition) is 5. The lowest BCUT2D eigenvalue weighted by atomic mass is 10.2. The van der Waals surface area contributed by atoms with E-state index >= 15 is 0 Å². The number of aromatic carboxylic acids is 1. The first kappa shape index (κ1) is 13.7. The fourth-order valence-corrected chi connectivity index (χ4v) is 2.46. The first-order valence-electron chi connectivity index (χ1n) is 3.85. The Morgan fingerprint density at radius 3 is 2.41 bits per heavy atom. The predicted molar refractivity (Wildman–Crippen MR) is 52.4 cm³/mol. The van der Waals surface area contributed by atoms with Crippen LogP contribution in [0.1, 0.15) is 16.1 Å². The number of carbonyl (C=O) groups is 1. The number of rotatable bonds is 3. The Balaban J connectivity index is 3.18. The van der Waals surface area contributed by atoms with E-state index in [-0.39, 0.29) is 5.69 Å². The average molecular weight is 290 g/mol. The highest BCUT2D eigenvalue weighted by Gasteiger charge is 2.46. The summed E-state index contributed by atoms with van der Waals surface area (Å²) in [6.07, 6.45) is 0. The second-order valence-electron chi connectivity index (χ2n) is 2.83. The molecule has 1 aromatic heterocycles. The second-order valence-corrected chi connectivity index (χ2v) is 5.28. The van der Waals surface area contributed by atoms with Gasteiger partial charge in [-0.1, -0.05) is 0 Å². The molecule has 0 amide bonds. The van der Waals surface area contributed by atoms with Crippen LogP contribution < -0.4 is 4.72 Å². The molecule has 17 heavy (non-hydrogen) atoms. The van der Waals surface area contributed by atoms with E-state index in [9.17, 15) is 26.4 Å². The Labute approximate surface area is 97.3 Å². The summed E-state index contributed by atoms with van der Waals surface area (Å²) in [7, 11) is -5.64. The van der Waals surface area contributed by atoms with Gasteiger partial charge in [-0.15, -0.1) is 0 Å². The summed E-state index contributed by atoms with van der Waals surface area (Å²) >= 11 is 0.326. The molecule has 0 atom stereocenters. The SMILES string of the molecule is Cc1nsc(NS(=O)(=O)C(F)(F)F)c1C(=O)O. The zero-order valence-corrected chi connectivity index (χ0v) is 9.70. The zero-order chi connectivity index (χ0) is 13.4. The molecule has 0 aliphatic heterocycles. The summed E-state index contributed by atoms with van der Waals surface area (Å²) < 4.78 is 62.3. The molecule has 0 unspecified atom stereocenters. The molecule has 2 N–H and O–H groups in total. The van der Waals surface area contributed by atoms with Crippen molar-refractivity contribution >= 4 is 32.5 Å². The summed E-state index contributed by atoms with van der Waals surface area (Å²) in [5.74, 6) is -1.56. The predicted octanol–water partition coefficient (Wildman–Crippen LogP) is 1.41. The molecule has 6 nitrogen and oxygen atoms in total. The van der Waals surface area contributed by atoms with E-state index < -0.39 is 32.1 Å². The van der Waals surface area contributed by atoms with Crippen molar-refractivity contribution in [2.24, 2.45) is 0 Å². The summed E-state index contributed by atoms with van der Waals surface area (Å²) in [5.41, 5.74) is -6.18. The Morgan fingerprint density at radius 2 is 2.00 bits per heavy atom. The zero-order valence-electron chi connectivity index (χ0n) is 8.07. The Bertz CT molecular complexity index is 548. The highest BCUT2D eigenvalue weighted by Crippen LogP contribution is 2.30. The van der Waals surface area contributed by atoms with Gasteiger partial charge in [0.1, 0.15) is 10.6 Å². The number of alkyl halides is 3. The fraction of sp³-hybridized carbons (Fsp3) is 0.333. The normalized spacial score (nSPS) is 12.5. The highest BCUT2D eigenvalue weighted by atomic mass is 32.2. The van der Waals surface area contributed by atoms with Gasteiger partial charge >= 0.3 is 21.5 Å². The van der Waals surface area contributed by atoms with Gasteiger partial charge in [-0.2, -0.15) is 26.0 Å². The van der Waals surface area contributed by atoms with E-state index in [1.54, 1.807) is 0 Å². The maximum Gasteiger partial charge on any atom is 0.516 e. The molecule has 11 heteroatoms. The fourth-order valence-electron chi connectivity index (χ4n) is 0.871. The molecule has 96 valence electrons. The lowest BCUT2D eigenvalue weighted by molar-refractivity contribution is -0.0429. The number of nitrogens with one attached hydrogen (secondary N) is 1. The molecule has 0 aromatic carbocycles. The Morgan fingerprint density at radius 1 is 1.47 bits per heavy atom. The molecule has 1 aromatic rings. The molecular weight excluding hydrogens is 285 g/mol. The monoisotopic (exact) mass is 290 g/mol. The summed E-state index contributed by atoms with van der Waals surface area (Å²) in [6, 6.07) is 0. The minimum Gasteiger partial charge on any atom is -0.478 e. The van der Waals surface area contributed by atoms with Crippen LogP contribution in [0.25, 0.3) is 0 Å². The van der Waals surface area contributed by atoms with Gasteiger partial charge in [0.2, 0.25) is 0 Å². The van der Waals surface area contributed by atoms with Crippen LogP contribution in [0.5, 0.6) is 0 Å². The van der Waals surface area contributed by atoms with E-state index in [2.05, 4.69) is 4.37 Å². The van der Waals surface area contributed by atoms with E-state index in [1.807, 2.05) is 0 Å².